The fourth-order valence-electron chi connectivity index (χ4n) is 2.80. The third kappa shape index (κ3) is 2.20. The van der Waals surface area contributed by atoms with Gasteiger partial charge in [-0.2, -0.15) is 5.26 Å². The van der Waals surface area contributed by atoms with Crippen molar-refractivity contribution < 1.29 is 4.74 Å². The number of pyridine rings is 1. The van der Waals surface area contributed by atoms with Gasteiger partial charge < -0.3 is 4.74 Å². The largest absolute Gasteiger partial charge is 0.372 e. The average Bonchev–Trinajstić information content (AvgIpc) is 2.46. The van der Waals surface area contributed by atoms with E-state index in [4.69, 9.17) is 4.74 Å². The van der Waals surface area contributed by atoms with E-state index in [-0.39, 0.29) is 12.0 Å². The van der Waals surface area contributed by atoms with Crippen LogP contribution < -0.4 is 0 Å². The maximum absolute atomic E-state index is 9.32. The number of rotatable bonds is 1. The predicted molar refractivity (Wildman–Crippen MR) is 73.5 cm³/mol. The molecule has 2 heterocycles. The zero-order chi connectivity index (χ0) is 13.2. The quantitative estimate of drug-likeness (QED) is 0.780. The molecule has 1 aliphatic heterocycles. The summed E-state index contributed by atoms with van der Waals surface area (Å²) in [5.74, 6) is -0.0565. The summed E-state index contributed by atoms with van der Waals surface area (Å²) >= 11 is 0. The monoisotopic (exact) mass is 252 g/mol. The first-order valence-corrected chi connectivity index (χ1v) is 6.67. The summed E-state index contributed by atoms with van der Waals surface area (Å²) in [6, 6.07) is 12.5. The van der Waals surface area contributed by atoms with Crippen molar-refractivity contribution in [3.8, 4) is 6.07 Å². The molecule has 0 N–H and O–H groups in total. The number of nitrogens with zero attached hydrogens (tertiary/aromatic N) is 2. The minimum Gasteiger partial charge on any atom is -0.372 e. The molecule has 0 amide bonds. The molecule has 1 aliphatic rings. The van der Waals surface area contributed by atoms with Crippen molar-refractivity contribution in [3.63, 3.8) is 0 Å². The molecule has 2 atom stereocenters. The lowest BCUT2D eigenvalue weighted by Crippen LogP contribution is -2.21. The average molecular weight is 252 g/mol. The molecule has 19 heavy (non-hydrogen) atoms. The number of aryl methyl sites for hydroxylation is 1. The van der Waals surface area contributed by atoms with Crippen LogP contribution in [0.5, 0.6) is 0 Å². The van der Waals surface area contributed by atoms with Crippen LogP contribution in [0.3, 0.4) is 0 Å². The lowest BCUT2D eigenvalue weighted by atomic mass is 9.89. The molecule has 0 spiro atoms. The molecule has 3 rings (SSSR count). The van der Waals surface area contributed by atoms with E-state index in [1.54, 1.807) is 0 Å². The first-order chi connectivity index (χ1) is 9.29. The molecule has 0 bridgehead atoms. The second-order valence-corrected chi connectivity index (χ2v) is 5.04. The van der Waals surface area contributed by atoms with Gasteiger partial charge in [-0.25, -0.2) is 0 Å². The van der Waals surface area contributed by atoms with E-state index in [1.807, 2.05) is 25.1 Å². The highest BCUT2D eigenvalue weighted by atomic mass is 16.5. The summed E-state index contributed by atoms with van der Waals surface area (Å²) in [5, 5.41) is 10.4. The summed E-state index contributed by atoms with van der Waals surface area (Å²) in [6.45, 7) is 2.72. The summed E-state index contributed by atoms with van der Waals surface area (Å²) in [6.07, 6.45) is 1.76. The van der Waals surface area contributed by atoms with Gasteiger partial charge in [0.1, 0.15) is 0 Å². The van der Waals surface area contributed by atoms with Crippen LogP contribution in [0.2, 0.25) is 0 Å². The van der Waals surface area contributed by atoms with Crippen molar-refractivity contribution in [1.82, 2.24) is 4.98 Å². The van der Waals surface area contributed by atoms with E-state index in [0.29, 0.717) is 0 Å². The van der Waals surface area contributed by atoms with Crippen LogP contribution >= 0.6 is 0 Å². The van der Waals surface area contributed by atoms with Crippen molar-refractivity contribution >= 4 is 10.9 Å². The Morgan fingerprint density at radius 3 is 3.05 bits per heavy atom. The maximum atomic E-state index is 9.32. The number of ether oxygens (including phenoxy) is 1. The van der Waals surface area contributed by atoms with E-state index < -0.39 is 0 Å². The van der Waals surface area contributed by atoms with E-state index in [0.717, 1.165) is 41.6 Å². The smallest absolute Gasteiger partial charge is 0.0990 e. The molecule has 2 unspecified atom stereocenters. The van der Waals surface area contributed by atoms with Crippen LogP contribution in [0.25, 0.3) is 10.9 Å². The number of benzene rings is 1. The van der Waals surface area contributed by atoms with Gasteiger partial charge in [-0.1, -0.05) is 18.2 Å². The minimum absolute atomic E-state index is 0.0565. The summed E-state index contributed by atoms with van der Waals surface area (Å²) in [5.41, 5.74) is 3.05. The van der Waals surface area contributed by atoms with Crippen molar-refractivity contribution in [2.75, 3.05) is 6.61 Å². The van der Waals surface area contributed by atoms with Crippen LogP contribution in [0.1, 0.15) is 30.2 Å². The van der Waals surface area contributed by atoms with Gasteiger partial charge in [0.2, 0.25) is 0 Å². The molecule has 1 aromatic carbocycles. The number of nitriles is 1. The number of hydrogen-bond acceptors (Lipinski definition) is 3. The first kappa shape index (κ1) is 12.1. The second kappa shape index (κ2) is 4.99. The normalized spacial score (nSPS) is 23.2. The van der Waals surface area contributed by atoms with Gasteiger partial charge in [-0.3, -0.25) is 4.98 Å². The van der Waals surface area contributed by atoms with Crippen molar-refractivity contribution in [3.05, 3.63) is 41.6 Å². The molecule has 1 aromatic heterocycles. The van der Waals surface area contributed by atoms with E-state index in [2.05, 4.69) is 23.2 Å². The molecule has 3 nitrogen and oxygen atoms in total. The van der Waals surface area contributed by atoms with Gasteiger partial charge >= 0.3 is 0 Å². The number of aromatic nitrogens is 1. The zero-order valence-electron chi connectivity index (χ0n) is 11.0. The highest BCUT2D eigenvalue weighted by molar-refractivity contribution is 5.82. The Morgan fingerprint density at radius 1 is 1.37 bits per heavy atom. The summed E-state index contributed by atoms with van der Waals surface area (Å²) < 4.78 is 5.88. The van der Waals surface area contributed by atoms with Crippen LogP contribution in [0.4, 0.5) is 0 Å². The van der Waals surface area contributed by atoms with Crippen molar-refractivity contribution in [2.24, 2.45) is 5.92 Å². The highest BCUT2D eigenvalue weighted by Crippen LogP contribution is 2.36. The van der Waals surface area contributed by atoms with Gasteiger partial charge in [0.25, 0.3) is 0 Å². The standard InChI is InChI=1S/C16H16N2O/c1-11-9-14(13-6-2-3-7-15(13)18-11)16-12(10-17)5-4-8-19-16/h2-3,6-7,9,12,16H,4-5,8H2,1H3. The van der Waals surface area contributed by atoms with Crippen LogP contribution in [0.15, 0.2) is 30.3 Å². The molecule has 1 fully saturated rings. The van der Waals surface area contributed by atoms with Gasteiger partial charge in [-0.15, -0.1) is 0 Å². The first-order valence-electron chi connectivity index (χ1n) is 6.67. The maximum Gasteiger partial charge on any atom is 0.0990 e. The molecule has 1 saturated heterocycles. The lowest BCUT2D eigenvalue weighted by molar-refractivity contribution is -0.00930. The fraction of sp³-hybridized carbons (Fsp3) is 0.375. The fourth-order valence-corrected chi connectivity index (χ4v) is 2.80. The van der Waals surface area contributed by atoms with Crippen LogP contribution in [0, 0.1) is 24.2 Å². The van der Waals surface area contributed by atoms with Crippen LogP contribution in [-0.4, -0.2) is 11.6 Å². The van der Waals surface area contributed by atoms with Gasteiger partial charge in [0.05, 0.1) is 23.6 Å². The SMILES string of the molecule is Cc1cc(C2OCCCC2C#N)c2ccccc2n1. The molecular weight excluding hydrogens is 236 g/mol. The molecule has 0 radical (unpaired) electrons. The number of fused-ring (bicyclic) bond motifs is 1. The predicted octanol–water partition coefficient (Wildman–Crippen LogP) is 3.53. The Morgan fingerprint density at radius 2 is 2.21 bits per heavy atom. The number of para-hydroxylation sites is 1. The molecule has 0 aliphatic carbocycles. The highest BCUT2D eigenvalue weighted by Gasteiger charge is 2.28. The minimum atomic E-state index is -0.120. The Labute approximate surface area is 112 Å². The third-order valence-electron chi connectivity index (χ3n) is 3.67. The third-order valence-corrected chi connectivity index (χ3v) is 3.67. The second-order valence-electron chi connectivity index (χ2n) is 5.04. The zero-order valence-corrected chi connectivity index (χ0v) is 11.0. The summed E-state index contributed by atoms with van der Waals surface area (Å²) in [7, 11) is 0. The summed E-state index contributed by atoms with van der Waals surface area (Å²) in [4.78, 5) is 4.54. The van der Waals surface area contributed by atoms with Gasteiger partial charge in [0, 0.05) is 17.7 Å². The molecule has 0 saturated carbocycles. The van der Waals surface area contributed by atoms with Crippen molar-refractivity contribution in [1.29, 1.82) is 5.26 Å². The van der Waals surface area contributed by atoms with Gasteiger partial charge in [0.15, 0.2) is 0 Å². The molecule has 2 aromatic rings. The molecule has 96 valence electrons. The Balaban J connectivity index is 2.16. The molecular formula is C16H16N2O. The topological polar surface area (TPSA) is 45.9 Å². The lowest BCUT2D eigenvalue weighted by Gasteiger charge is -2.28. The van der Waals surface area contributed by atoms with E-state index in [1.165, 1.54) is 0 Å². The van der Waals surface area contributed by atoms with E-state index >= 15 is 0 Å². The van der Waals surface area contributed by atoms with Crippen molar-refractivity contribution in [2.45, 2.75) is 25.9 Å². The molecule has 3 heteroatoms. The Hall–Kier alpha value is -1.92. The van der Waals surface area contributed by atoms with Crippen LogP contribution in [-0.2, 0) is 4.74 Å². The van der Waals surface area contributed by atoms with E-state index in [9.17, 15) is 5.26 Å². The van der Waals surface area contributed by atoms with Gasteiger partial charge in [-0.05, 0) is 37.5 Å². The Kier molecular flexibility index (Phi) is 3.18. The Bertz CT molecular complexity index is 645. The number of hydrogen-bond donors (Lipinski definition) is 0.